The van der Waals surface area contributed by atoms with Crippen LogP contribution in [0.4, 0.5) is 0 Å². The molecule has 1 N–H and O–H groups in total. The van der Waals surface area contributed by atoms with E-state index in [1.165, 1.54) is 0 Å². The van der Waals surface area contributed by atoms with Crippen LogP contribution >= 0.6 is 11.6 Å². The molecule has 0 spiro atoms. The lowest BCUT2D eigenvalue weighted by atomic mass is 10.1. The first-order chi connectivity index (χ1) is 9.60. The van der Waals surface area contributed by atoms with E-state index in [1.54, 1.807) is 25.1 Å². The molecule has 2 aromatic carbocycles. The highest BCUT2D eigenvalue weighted by Gasteiger charge is 2.08. The molecule has 0 aliphatic heterocycles. The third-order valence-electron chi connectivity index (χ3n) is 2.78. The van der Waals surface area contributed by atoms with E-state index in [-0.39, 0.29) is 0 Å². The van der Waals surface area contributed by atoms with Crippen molar-refractivity contribution >= 4 is 11.6 Å². The quantitative estimate of drug-likeness (QED) is 0.876. The smallest absolute Gasteiger partial charge is 0.146 e. The first kappa shape index (κ1) is 14.7. The zero-order chi connectivity index (χ0) is 14.5. The van der Waals surface area contributed by atoms with Crippen LogP contribution in [-0.2, 0) is 0 Å². The minimum Gasteiger partial charge on any atom is -0.494 e. The molecule has 0 fully saturated rings. The van der Waals surface area contributed by atoms with Gasteiger partial charge in [0.1, 0.15) is 17.2 Å². The Morgan fingerprint density at radius 1 is 1.15 bits per heavy atom. The fourth-order valence-corrected chi connectivity index (χ4v) is 2.01. The predicted molar refractivity (Wildman–Crippen MR) is 79.8 cm³/mol. The maximum atomic E-state index is 9.51. The Bertz CT molecular complexity index is 582. The van der Waals surface area contributed by atoms with Crippen LogP contribution in [-0.4, -0.2) is 11.7 Å². The van der Waals surface area contributed by atoms with Crippen molar-refractivity contribution in [3.05, 3.63) is 53.1 Å². The lowest BCUT2D eigenvalue weighted by Crippen LogP contribution is -1.93. The zero-order valence-corrected chi connectivity index (χ0v) is 12.2. The van der Waals surface area contributed by atoms with Crippen LogP contribution in [0, 0.1) is 0 Å². The average Bonchev–Trinajstić information content (AvgIpc) is 2.42. The van der Waals surface area contributed by atoms with Gasteiger partial charge in [-0.3, -0.25) is 0 Å². The van der Waals surface area contributed by atoms with Crippen molar-refractivity contribution in [2.45, 2.75) is 20.0 Å². The van der Waals surface area contributed by atoms with Crippen LogP contribution in [0.3, 0.4) is 0 Å². The molecule has 2 aromatic rings. The van der Waals surface area contributed by atoms with E-state index in [4.69, 9.17) is 21.1 Å². The van der Waals surface area contributed by atoms with Crippen molar-refractivity contribution in [1.29, 1.82) is 0 Å². The number of rotatable bonds is 5. The second-order valence-corrected chi connectivity index (χ2v) is 4.78. The molecule has 0 saturated heterocycles. The number of aliphatic hydroxyl groups excluding tert-OH is 1. The van der Waals surface area contributed by atoms with Crippen LogP contribution in [0.25, 0.3) is 0 Å². The molecule has 1 atom stereocenters. The molecule has 0 unspecified atom stereocenters. The monoisotopic (exact) mass is 292 g/mol. The van der Waals surface area contributed by atoms with Crippen molar-refractivity contribution < 1.29 is 14.6 Å². The molecule has 0 saturated carbocycles. The Kier molecular flexibility index (Phi) is 4.88. The van der Waals surface area contributed by atoms with E-state index in [0.717, 1.165) is 11.3 Å². The number of ether oxygens (including phenoxy) is 2. The SMILES string of the molecule is CCOc1cccc(Oc2ccc([C@H](C)O)cc2Cl)c1. The van der Waals surface area contributed by atoms with Gasteiger partial charge in [0, 0.05) is 6.07 Å². The normalized spacial score (nSPS) is 12.0. The van der Waals surface area contributed by atoms with Crippen molar-refractivity contribution in [3.63, 3.8) is 0 Å². The second-order valence-electron chi connectivity index (χ2n) is 4.38. The average molecular weight is 293 g/mol. The van der Waals surface area contributed by atoms with E-state index in [1.807, 2.05) is 31.2 Å². The van der Waals surface area contributed by atoms with Gasteiger partial charge in [0.2, 0.25) is 0 Å². The van der Waals surface area contributed by atoms with Crippen molar-refractivity contribution in [2.24, 2.45) is 0 Å². The van der Waals surface area contributed by atoms with Crippen molar-refractivity contribution in [1.82, 2.24) is 0 Å². The standard InChI is InChI=1S/C16H17ClO3/c1-3-19-13-5-4-6-14(10-13)20-16-8-7-12(11(2)18)9-15(16)17/h4-11,18H,3H2,1-2H3/t11-/m0/s1. The van der Waals surface area contributed by atoms with E-state index < -0.39 is 6.10 Å². The Hall–Kier alpha value is -1.71. The van der Waals surface area contributed by atoms with Gasteiger partial charge >= 0.3 is 0 Å². The van der Waals surface area contributed by atoms with E-state index >= 15 is 0 Å². The van der Waals surface area contributed by atoms with Gasteiger partial charge in [-0.15, -0.1) is 0 Å². The topological polar surface area (TPSA) is 38.7 Å². The summed E-state index contributed by atoms with van der Waals surface area (Å²) in [6, 6.07) is 12.6. The highest BCUT2D eigenvalue weighted by atomic mass is 35.5. The van der Waals surface area contributed by atoms with E-state index in [9.17, 15) is 5.11 Å². The summed E-state index contributed by atoms with van der Waals surface area (Å²) in [5.41, 5.74) is 0.755. The molecule has 0 aliphatic carbocycles. The van der Waals surface area contributed by atoms with Crippen LogP contribution < -0.4 is 9.47 Å². The van der Waals surface area contributed by atoms with Crippen molar-refractivity contribution in [2.75, 3.05) is 6.61 Å². The number of halogens is 1. The Morgan fingerprint density at radius 3 is 2.55 bits per heavy atom. The number of hydrogen-bond acceptors (Lipinski definition) is 3. The van der Waals surface area contributed by atoms with Gasteiger partial charge < -0.3 is 14.6 Å². The van der Waals surface area contributed by atoms with E-state index in [0.29, 0.717) is 23.1 Å². The third-order valence-corrected chi connectivity index (χ3v) is 3.08. The summed E-state index contributed by atoms with van der Waals surface area (Å²) >= 11 is 6.16. The lowest BCUT2D eigenvalue weighted by molar-refractivity contribution is 0.199. The van der Waals surface area contributed by atoms with Gasteiger partial charge in [0.15, 0.2) is 0 Å². The highest BCUT2D eigenvalue weighted by molar-refractivity contribution is 6.32. The molecule has 0 radical (unpaired) electrons. The summed E-state index contributed by atoms with van der Waals surface area (Å²) in [5.74, 6) is 1.95. The van der Waals surface area contributed by atoms with Gasteiger partial charge in [-0.25, -0.2) is 0 Å². The largest absolute Gasteiger partial charge is 0.494 e. The second kappa shape index (κ2) is 6.64. The number of hydrogen-bond donors (Lipinski definition) is 1. The summed E-state index contributed by atoms with van der Waals surface area (Å²) < 4.78 is 11.2. The maximum Gasteiger partial charge on any atom is 0.146 e. The third kappa shape index (κ3) is 3.65. The summed E-state index contributed by atoms with van der Waals surface area (Å²) in [6.45, 7) is 4.23. The minimum absolute atomic E-state index is 0.463. The molecular weight excluding hydrogens is 276 g/mol. The zero-order valence-electron chi connectivity index (χ0n) is 11.5. The van der Waals surface area contributed by atoms with Gasteiger partial charge in [-0.05, 0) is 43.7 Å². The molecule has 106 valence electrons. The molecular formula is C16H17ClO3. The van der Waals surface area contributed by atoms with Gasteiger partial charge in [-0.1, -0.05) is 23.7 Å². The van der Waals surface area contributed by atoms with Crippen LogP contribution in [0.15, 0.2) is 42.5 Å². The lowest BCUT2D eigenvalue weighted by Gasteiger charge is -2.11. The van der Waals surface area contributed by atoms with Crippen LogP contribution in [0.2, 0.25) is 5.02 Å². The molecule has 3 nitrogen and oxygen atoms in total. The van der Waals surface area contributed by atoms with E-state index in [2.05, 4.69) is 0 Å². The predicted octanol–water partition coefficient (Wildman–Crippen LogP) is 4.58. The fraction of sp³-hybridized carbons (Fsp3) is 0.250. The molecule has 0 heterocycles. The first-order valence-electron chi connectivity index (χ1n) is 6.48. The summed E-state index contributed by atoms with van der Waals surface area (Å²) in [6.07, 6.45) is -0.553. The van der Waals surface area contributed by atoms with Gasteiger partial charge in [-0.2, -0.15) is 0 Å². The summed E-state index contributed by atoms with van der Waals surface area (Å²) in [4.78, 5) is 0. The Morgan fingerprint density at radius 2 is 1.90 bits per heavy atom. The van der Waals surface area contributed by atoms with Crippen LogP contribution in [0.1, 0.15) is 25.5 Å². The Balaban J connectivity index is 2.19. The number of aliphatic hydroxyl groups is 1. The number of benzene rings is 2. The van der Waals surface area contributed by atoms with Crippen molar-refractivity contribution in [3.8, 4) is 17.2 Å². The molecule has 0 bridgehead atoms. The highest BCUT2D eigenvalue weighted by Crippen LogP contribution is 2.32. The molecule has 2 rings (SSSR count). The minimum atomic E-state index is -0.553. The molecule has 20 heavy (non-hydrogen) atoms. The first-order valence-corrected chi connectivity index (χ1v) is 6.86. The fourth-order valence-electron chi connectivity index (χ4n) is 1.78. The van der Waals surface area contributed by atoms with Gasteiger partial charge in [0.05, 0.1) is 17.7 Å². The van der Waals surface area contributed by atoms with Crippen LogP contribution in [0.5, 0.6) is 17.2 Å². The maximum absolute atomic E-state index is 9.51. The Labute approximate surface area is 123 Å². The molecule has 0 aliphatic rings. The summed E-state index contributed by atoms with van der Waals surface area (Å²) in [7, 11) is 0. The molecule has 4 heteroatoms. The molecule has 0 amide bonds. The summed E-state index contributed by atoms with van der Waals surface area (Å²) in [5, 5.41) is 9.97. The molecule has 0 aromatic heterocycles. The van der Waals surface area contributed by atoms with Gasteiger partial charge in [0.25, 0.3) is 0 Å².